The molecular weight excluding hydrogens is 406 g/mol. The van der Waals surface area contributed by atoms with Gasteiger partial charge in [0, 0.05) is 16.8 Å². The predicted molar refractivity (Wildman–Crippen MR) is 129 cm³/mol. The van der Waals surface area contributed by atoms with Gasteiger partial charge in [-0.05, 0) is 61.9 Å². The van der Waals surface area contributed by atoms with Crippen LogP contribution in [0.15, 0.2) is 78.9 Å². The fraction of sp³-hybridized carbons (Fsp3) is 0.154. The quantitative estimate of drug-likeness (QED) is 0.360. The predicted octanol–water partition coefficient (Wildman–Crippen LogP) is 6.30. The Morgan fingerprint density at radius 2 is 1.65 bits per heavy atom. The molecule has 1 heterocycles. The number of para-hydroxylation sites is 3. The minimum absolute atomic E-state index is 0.0190. The van der Waals surface area contributed by atoms with Crippen molar-refractivity contribution >= 4 is 46.4 Å². The second-order valence-corrected chi connectivity index (χ2v) is 8.06. The van der Waals surface area contributed by atoms with E-state index in [9.17, 15) is 4.79 Å². The number of hydrogen-bond acceptors (Lipinski definition) is 2. The normalized spacial score (nSPS) is 11.5. The number of carbonyl (C=O) groups is 1. The van der Waals surface area contributed by atoms with Crippen molar-refractivity contribution in [3.05, 3.63) is 95.3 Å². The summed E-state index contributed by atoms with van der Waals surface area (Å²) in [5, 5.41) is 0.699. The standard InChI is InChI=1S/C26H24ClN3O/c1-19(2)30(22-8-4-3-5-9-22)26(31)18-29-24-11-7-6-10-23(24)28-25(29)17-14-20-12-15-21(27)16-13-20/h3-17,19H,18H2,1-2H3. The summed E-state index contributed by atoms with van der Waals surface area (Å²) in [5.74, 6) is 0.756. The average molecular weight is 430 g/mol. The summed E-state index contributed by atoms with van der Waals surface area (Å²) >= 11 is 5.99. The number of hydrogen-bond donors (Lipinski definition) is 0. The number of anilines is 1. The summed E-state index contributed by atoms with van der Waals surface area (Å²) < 4.78 is 1.97. The first kappa shape index (κ1) is 20.9. The molecule has 3 aromatic carbocycles. The Bertz CT molecular complexity index is 1210. The first-order chi connectivity index (χ1) is 15.0. The highest BCUT2D eigenvalue weighted by Gasteiger charge is 2.21. The van der Waals surface area contributed by atoms with Gasteiger partial charge in [-0.3, -0.25) is 4.79 Å². The number of carbonyl (C=O) groups excluding carboxylic acids is 1. The summed E-state index contributed by atoms with van der Waals surface area (Å²) in [7, 11) is 0. The van der Waals surface area contributed by atoms with Gasteiger partial charge in [-0.15, -0.1) is 0 Å². The third kappa shape index (κ3) is 4.70. The smallest absolute Gasteiger partial charge is 0.247 e. The van der Waals surface area contributed by atoms with E-state index in [-0.39, 0.29) is 18.5 Å². The van der Waals surface area contributed by atoms with Gasteiger partial charge in [0.15, 0.2) is 0 Å². The molecule has 0 saturated heterocycles. The summed E-state index contributed by atoms with van der Waals surface area (Å²) in [6.07, 6.45) is 3.93. The maximum absolute atomic E-state index is 13.4. The van der Waals surface area contributed by atoms with E-state index in [4.69, 9.17) is 16.6 Å². The third-order valence-electron chi connectivity index (χ3n) is 5.09. The van der Waals surface area contributed by atoms with Gasteiger partial charge in [0.05, 0.1) is 11.0 Å². The minimum atomic E-state index is 0.0190. The van der Waals surface area contributed by atoms with Crippen molar-refractivity contribution < 1.29 is 4.79 Å². The van der Waals surface area contributed by atoms with Gasteiger partial charge in [-0.1, -0.05) is 60.1 Å². The number of rotatable bonds is 6. The molecule has 1 amide bonds. The Morgan fingerprint density at radius 3 is 2.35 bits per heavy atom. The van der Waals surface area contributed by atoms with E-state index in [2.05, 4.69) is 0 Å². The maximum Gasteiger partial charge on any atom is 0.247 e. The number of halogens is 1. The van der Waals surface area contributed by atoms with Gasteiger partial charge in [-0.25, -0.2) is 4.98 Å². The van der Waals surface area contributed by atoms with Gasteiger partial charge >= 0.3 is 0 Å². The number of nitrogens with zero attached hydrogens (tertiary/aromatic N) is 3. The second-order valence-electron chi connectivity index (χ2n) is 7.62. The molecule has 0 N–H and O–H groups in total. The van der Waals surface area contributed by atoms with Crippen LogP contribution in [-0.4, -0.2) is 21.5 Å². The first-order valence-corrected chi connectivity index (χ1v) is 10.7. The highest BCUT2D eigenvalue weighted by Crippen LogP contribution is 2.22. The highest BCUT2D eigenvalue weighted by atomic mass is 35.5. The van der Waals surface area contributed by atoms with Crippen LogP contribution >= 0.6 is 11.6 Å². The summed E-state index contributed by atoms with van der Waals surface area (Å²) in [5.41, 5.74) is 3.71. The minimum Gasteiger partial charge on any atom is -0.315 e. The molecule has 0 radical (unpaired) electrons. The molecule has 0 aliphatic carbocycles. The third-order valence-corrected chi connectivity index (χ3v) is 5.34. The molecule has 0 atom stereocenters. The number of amides is 1. The molecular formula is C26H24ClN3O. The Morgan fingerprint density at radius 1 is 0.968 bits per heavy atom. The lowest BCUT2D eigenvalue weighted by Crippen LogP contribution is -2.39. The molecule has 4 nitrogen and oxygen atoms in total. The number of imidazole rings is 1. The van der Waals surface area contributed by atoms with E-state index in [0.29, 0.717) is 5.02 Å². The lowest BCUT2D eigenvalue weighted by atomic mass is 10.2. The van der Waals surface area contributed by atoms with Crippen molar-refractivity contribution in [2.75, 3.05) is 4.90 Å². The van der Waals surface area contributed by atoms with Gasteiger partial charge in [-0.2, -0.15) is 0 Å². The van der Waals surface area contributed by atoms with Crippen LogP contribution in [0.25, 0.3) is 23.2 Å². The monoisotopic (exact) mass is 429 g/mol. The summed E-state index contributed by atoms with van der Waals surface area (Å²) in [6, 6.07) is 25.3. The zero-order valence-electron chi connectivity index (χ0n) is 17.6. The molecule has 1 aromatic heterocycles. The Balaban J connectivity index is 1.69. The second kappa shape index (κ2) is 9.19. The van der Waals surface area contributed by atoms with E-state index in [1.54, 1.807) is 0 Å². The molecule has 4 rings (SSSR count). The van der Waals surface area contributed by atoms with E-state index in [1.807, 2.05) is 114 Å². The summed E-state index contributed by atoms with van der Waals surface area (Å²) in [4.78, 5) is 20.0. The molecule has 31 heavy (non-hydrogen) atoms. The van der Waals surface area contributed by atoms with Gasteiger partial charge in [0.2, 0.25) is 5.91 Å². The molecule has 4 aromatic rings. The van der Waals surface area contributed by atoms with Crippen LogP contribution in [0.1, 0.15) is 25.2 Å². The van der Waals surface area contributed by atoms with Crippen molar-refractivity contribution in [1.29, 1.82) is 0 Å². The lowest BCUT2D eigenvalue weighted by Gasteiger charge is -2.27. The number of aromatic nitrogens is 2. The fourth-order valence-electron chi connectivity index (χ4n) is 3.66. The largest absolute Gasteiger partial charge is 0.315 e. The van der Waals surface area contributed by atoms with Crippen LogP contribution in [0, 0.1) is 0 Å². The van der Waals surface area contributed by atoms with Crippen LogP contribution in [0.2, 0.25) is 5.02 Å². The SMILES string of the molecule is CC(C)N(C(=O)Cn1c(C=Cc2ccc(Cl)cc2)nc2ccccc21)c1ccccc1. The molecule has 0 bridgehead atoms. The van der Waals surface area contributed by atoms with Crippen molar-refractivity contribution in [3.63, 3.8) is 0 Å². The molecule has 0 saturated carbocycles. The molecule has 0 unspecified atom stereocenters. The van der Waals surface area contributed by atoms with Crippen molar-refractivity contribution in [3.8, 4) is 0 Å². The fourth-order valence-corrected chi connectivity index (χ4v) is 3.79. The van der Waals surface area contributed by atoms with Crippen molar-refractivity contribution in [2.45, 2.75) is 26.4 Å². The molecule has 156 valence electrons. The zero-order chi connectivity index (χ0) is 21.8. The van der Waals surface area contributed by atoms with Gasteiger partial charge in [0.25, 0.3) is 0 Å². The Hall–Kier alpha value is -3.37. The van der Waals surface area contributed by atoms with E-state index in [1.165, 1.54) is 0 Å². The van der Waals surface area contributed by atoms with E-state index >= 15 is 0 Å². The van der Waals surface area contributed by atoms with Crippen LogP contribution in [0.3, 0.4) is 0 Å². The van der Waals surface area contributed by atoms with E-state index in [0.717, 1.165) is 28.1 Å². The highest BCUT2D eigenvalue weighted by molar-refractivity contribution is 6.30. The first-order valence-electron chi connectivity index (χ1n) is 10.3. The number of fused-ring (bicyclic) bond motifs is 1. The molecule has 0 fully saturated rings. The van der Waals surface area contributed by atoms with Crippen LogP contribution in [0.5, 0.6) is 0 Å². The van der Waals surface area contributed by atoms with Crippen LogP contribution < -0.4 is 4.90 Å². The van der Waals surface area contributed by atoms with Gasteiger partial charge in [0.1, 0.15) is 12.4 Å². The molecule has 0 aliphatic heterocycles. The zero-order valence-corrected chi connectivity index (χ0v) is 18.3. The van der Waals surface area contributed by atoms with Crippen molar-refractivity contribution in [1.82, 2.24) is 9.55 Å². The van der Waals surface area contributed by atoms with E-state index < -0.39 is 0 Å². The molecule has 0 spiro atoms. The van der Waals surface area contributed by atoms with Crippen LogP contribution in [-0.2, 0) is 11.3 Å². The summed E-state index contributed by atoms with van der Waals surface area (Å²) in [6.45, 7) is 4.25. The lowest BCUT2D eigenvalue weighted by molar-refractivity contribution is -0.119. The topological polar surface area (TPSA) is 38.1 Å². The van der Waals surface area contributed by atoms with Crippen LogP contribution in [0.4, 0.5) is 5.69 Å². The number of benzene rings is 3. The molecule has 0 aliphatic rings. The average Bonchev–Trinajstić information content (AvgIpc) is 3.11. The Labute approximate surface area is 187 Å². The Kier molecular flexibility index (Phi) is 6.19. The molecule has 5 heteroatoms. The maximum atomic E-state index is 13.4. The van der Waals surface area contributed by atoms with Crippen molar-refractivity contribution in [2.24, 2.45) is 0 Å². The van der Waals surface area contributed by atoms with Gasteiger partial charge < -0.3 is 9.47 Å².